The van der Waals surface area contributed by atoms with Crippen molar-refractivity contribution < 1.29 is 23.2 Å². The fraction of sp³-hybridized carbons (Fsp3) is 0.105. The first-order chi connectivity index (χ1) is 13.7. The molecule has 29 heavy (non-hydrogen) atoms. The molecule has 0 saturated heterocycles. The molecule has 0 saturated carbocycles. The molecule has 0 fully saturated rings. The van der Waals surface area contributed by atoms with Crippen LogP contribution in [0.5, 0.6) is 5.75 Å². The van der Waals surface area contributed by atoms with Crippen molar-refractivity contribution in [1.29, 1.82) is 0 Å². The number of hydrogen-bond acceptors (Lipinski definition) is 6. The summed E-state index contributed by atoms with van der Waals surface area (Å²) >= 11 is 1.26. The highest BCUT2D eigenvalue weighted by atomic mass is 32.2. The Morgan fingerprint density at radius 1 is 1.14 bits per heavy atom. The van der Waals surface area contributed by atoms with Gasteiger partial charge in [0.05, 0.1) is 18.6 Å². The Bertz CT molecular complexity index is 1140. The molecule has 10 heteroatoms. The van der Waals surface area contributed by atoms with Crippen molar-refractivity contribution in [3.05, 3.63) is 58.8 Å². The van der Waals surface area contributed by atoms with Crippen LogP contribution in [0.25, 0.3) is 22.3 Å². The molecule has 0 atom stereocenters. The molecular formula is C19H19N3O5S2. The molecule has 0 aliphatic carbocycles. The lowest BCUT2D eigenvalue weighted by atomic mass is 9.96. The lowest BCUT2D eigenvalue weighted by Gasteiger charge is -2.15. The SMILES string of the molecule is COc1ccc(-c2c(-c3ccccc3S(N)(=O)=O)csc2CN(O)C(N)=O)cc1. The van der Waals surface area contributed by atoms with Gasteiger partial charge >= 0.3 is 6.03 Å². The molecule has 1 aromatic heterocycles. The van der Waals surface area contributed by atoms with Crippen molar-refractivity contribution >= 4 is 27.4 Å². The largest absolute Gasteiger partial charge is 0.497 e. The van der Waals surface area contributed by atoms with Gasteiger partial charge in [0, 0.05) is 21.6 Å². The van der Waals surface area contributed by atoms with Gasteiger partial charge in [-0.1, -0.05) is 30.3 Å². The summed E-state index contributed by atoms with van der Waals surface area (Å²) in [6.45, 7) is -0.154. The number of carbonyl (C=O) groups excluding carboxylic acids is 1. The highest BCUT2D eigenvalue weighted by Gasteiger charge is 2.22. The van der Waals surface area contributed by atoms with E-state index < -0.39 is 16.1 Å². The van der Waals surface area contributed by atoms with Gasteiger partial charge in [-0.05, 0) is 29.1 Å². The van der Waals surface area contributed by atoms with Gasteiger partial charge in [-0.3, -0.25) is 5.21 Å². The van der Waals surface area contributed by atoms with Gasteiger partial charge in [0.2, 0.25) is 10.0 Å². The molecule has 0 bridgehead atoms. The minimum absolute atomic E-state index is 0.0186. The molecule has 0 unspecified atom stereocenters. The zero-order chi connectivity index (χ0) is 21.2. The zero-order valence-electron chi connectivity index (χ0n) is 15.4. The molecule has 2 amide bonds. The number of urea groups is 1. The smallest absolute Gasteiger partial charge is 0.338 e. The molecule has 0 aliphatic rings. The first-order valence-electron chi connectivity index (χ1n) is 8.35. The fourth-order valence-electron chi connectivity index (χ4n) is 2.94. The molecule has 0 radical (unpaired) electrons. The Morgan fingerprint density at radius 3 is 2.38 bits per heavy atom. The van der Waals surface area contributed by atoms with Gasteiger partial charge in [0.25, 0.3) is 0 Å². The fourth-order valence-corrected chi connectivity index (χ4v) is 4.74. The second-order valence-electron chi connectivity index (χ2n) is 6.11. The van der Waals surface area contributed by atoms with Gasteiger partial charge in [-0.15, -0.1) is 11.3 Å². The Morgan fingerprint density at radius 2 is 1.79 bits per heavy atom. The number of thiophene rings is 1. The predicted octanol–water partition coefficient (Wildman–Crippen LogP) is 3.01. The minimum Gasteiger partial charge on any atom is -0.497 e. The average molecular weight is 434 g/mol. The predicted molar refractivity (Wildman–Crippen MR) is 110 cm³/mol. The third-order valence-corrected chi connectivity index (χ3v) is 6.22. The zero-order valence-corrected chi connectivity index (χ0v) is 17.0. The Labute approximate surface area is 172 Å². The van der Waals surface area contributed by atoms with Crippen molar-refractivity contribution in [2.45, 2.75) is 11.4 Å². The number of nitrogens with zero attached hydrogens (tertiary/aromatic N) is 1. The normalized spacial score (nSPS) is 11.3. The highest BCUT2D eigenvalue weighted by Crippen LogP contribution is 2.42. The summed E-state index contributed by atoms with van der Waals surface area (Å²) in [4.78, 5) is 11.9. The number of rotatable bonds is 6. The summed E-state index contributed by atoms with van der Waals surface area (Å²) in [6.07, 6.45) is 0. The molecule has 3 rings (SSSR count). The van der Waals surface area contributed by atoms with E-state index in [0.717, 1.165) is 5.56 Å². The standard InChI is InChI=1S/C19H19N3O5S2/c1-27-13-8-6-12(7-9-13)18-15(11-28-16(18)10-22(24)19(20)23)14-4-2-3-5-17(14)29(21,25)26/h2-9,11,24H,10H2,1H3,(H2,20,23)(H2,21,25,26). The Kier molecular flexibility index (Phi) is 5.89. The summed E-state index contributed by atoms with van der Waals surface area (Å²) in [5, 5.41) is 17.4. The molecular weight excluding hydrogens is 414 g/mol. The molecule has 0 spiro atoms. The van der Waals surface area contributed by atoms with Gasteiger partial charge < -0.3 is 10.5 Å². The number of sulfonamides is 1. The van der Waals surface area contributed by atoms with Crippen LogP contribution in [-0.2, 0) is 16.6 Å². The van der Waals surface area contributed by atoms with Crippen LogP contribution in [0.15, 0.2) is 58.8 Å². The van der Waals surface area contributed by atoms with Crippen LogP contribution < -0.4 is 15.6 Å². The molecule has 1 heterocycles. The number of ether oxygens (including phenoxy) is 1. The van der Waals surface area contributed by atoms with Gasteiger partial charge in [-0.25, -0.2) is 23.4 Å². The van der Waals surface area contributed by atoms with Gasteiger partial charge in [-0.2, -0.15) is 0 Å². The number of primary amides is 1. The first-order valence-corrected chi connectivity index (χ1v) is 10.8. The maximum atomic E-state index is 12.1. The number of hydroxylamine groups is 2. The van der Waals surface area contributed by atoms with E-state index in [0.29, 0.717) is 32.4 Å². The van der Waals surface area contributed by atoms with E-state index in [2.05, 4.69) is 0 Å². The molecule has 0 aliphatic heterocycles. The number of hydrogen-bond donors (Lipinski definition) is 3. The van der Waals surface area contributed by atoms with Gasteiger partial charge in [0.15, 0.2) is 0 Å². The van der Waals surface area contributed by atoms with Crippen LogP contribution >= 0.6 is 11.3 Å². The number of primary sulfonamides is 1. The van der Waals surface area contributed by atoms with Crippen LogP contribution in [0.4, 0.5) is 4.79 Å². The summed E-state index contributed by atoms with van der Waals surface area (Å²) < 4.78 is 29.4. The van der Waals surface area contributed by atoms with E-state index >= 15 is 0 Å². The molecule has 2 aromatic carbocycles. The van der Waals surface area contributed by atoms with E-state index in [1.807, 2.05) is 0 Å². The number of benzene rings is 2. The highest BCUT2D eigenvalue weighted by molar-refractivity contribution is 7.89. The van der Waals surface area contributed by atoms with E-state index in [9.17, 15) is 18.4 Å². The maximum Gasteiger partial charge on any atom is 0.338 e. The topological polar surface area (TPSA) is 136 Å². The molecule has 3 aromatic rings. The number of amides is 2. The summed E-state index contributed by atoms with van der Waals surface area (Å²) in [6, 6.07) is 12.5. The molecule has 8 nitrogen and oxygen atoms in total. The lowest BCUT2D eigenvalue weighted by molar-refractivity contribution is -0.0461. The van der Waals surface area contributed by atoms with Crippen LogP contribution in [0.1, 0.15) is 4.88 Å². The second kappa shape index (κ2) is 8.21. The number of nitrogens with two attached hydrogens (primary N) is 2. The van der Waals surface area contributed by atoms with Crippen molar-refractivity contribution in [2.75, 3.05) is 7.11 Å². The minimum atomic E-state index is -3.97. The van der Waals surface area contributed by atoms with Gasteiger partial charge in [0.1, 0.15) is 5.75 Å². The first kappa shape index (κ1) is 20.8. The lowest BCUT2D eigenvalue weighted by Crippen LogP contribution is -2.31. The van der Waals surface area contributed by atoms with E-state index in [4.69, 9.17) is 15.6 Å². The summed E-state index contributed by atoms with van der Waals surface area (Å²) in [5.41, 5.74) is 7.58. The number of methoxy groups -OCH3 is 1. The van der Waals surface area contributed by atoms with Crippen LogP contribution in [0, 0.1) is 0 Å². The van der Waals surface area contributed by atoms with Crippen LogP contribution in [0.2, 0.25) is 0 Å². The van der Waals surface area contributed by atoms with Crippen molar-refractivity contribution in [2.24, 2.45) is 10.9 Å². The third-order valence-electron chi connectivity index (χ3n) is 4.28. The van der Waals surface area contributed by atoms with Crippen LogP contribution in [-0.4, -0.2) is 31.8 Å². The molecule has 5 N–H and O–H groups in total. The summed E-state index contributed by atoms with van der Waals surface area (Å²) in [7, 11) is -2.42. The quantitative estimate of drug-likeness (QED) is 0.405. The van der Waals surface area contributed by atoms with E-state index in [1.165, 1.54) is 17.4 Å². The average Bonchev–Trinajstić information content (AvgIpc) is 3.10. The summed E-state index contributed by atoms with van der Waals surface area (Å²) in [5.74, 6) is 0.651. The Balaban J connectivity index is 2.23. The monoisotopic (exact) mass is 433 g/mol. The van der Waals surface area contributed by atoms with E-state index in [1.54, 1.807) is 55.0 Å². The molecule has 152 valence electrons. The van der Waals surface area contributed by atoms with Crippen LogP contribution in [0.3, 0.4) is 0 Å². The number of carbonyl (C=O) groups is 1. The Hall–Kier alpha value is -2.92. The van der Waals surface area contributed by atoms with Crippen molar-refractivity contribution in [3.63, 3.8) is 0 Å². The third kappa shape index (κ3) is 4.40. The van der Waals surface area contributed by atoms with Crippen molar-refractivity contribution in [1.82, 2.24) is 5.06 Å². The maximum absolute atomic E-state index is 12.1. The van der Waals surface area contributed by atoms with Crippen molar-refractivity contribution in [3.8, 4) is 28.0 Å². The second-order valence-corrected chi connectivity index (χ2v) is 8.61. The van der Waals surface area contributed by atoms with E-state index in [-0.39, 0.29) is 11.4 Å².